The smallest absolute Gasteiger partial charge is 0.247 e. The molecule has 0 aliphatic rings. The Morgan fingerprint density at radius 2 is 2.15 bits per heavy atom. The number of anilines is 1. The number of sulfonamides is 1. The summed E-state index contributed by atoms with van der Waals surface area (Å²) in [5.41, 5.74) is 11.0. The lowest BCUT2D eigenvalue weighted by Gasteiger charge is -2.09. The fourth-order valence-corrected chi connectivity index (χ4v) is 3.65. The van der Waals surface area contributed by atoms with Crippen molar-refractivity contribution in [3.8, 4) is 0 Å². The first-order valence-corrected chi connectivity index (χ1v) is 8.37. The van der Waals surface area contributed by atoms with Crippen LogP contribution in [0.5, 0.6) is 0 Å². The van der Waals surface area contributed by atoms with Crippen molar-refractivity contribution in [2.75, 3.05) is 23.8 Å². The largest absolute Gasteiger partial charge is 0.399 e. The highest BCUT2D eigenvalue weighted by molar-refractivity contribution is 8.00. The first-order chi connectivity index (χ1) is 9.30. The molecule has 0 aliphatic carbocycles. The van der Waals surface area contributed by atoms with Crippen molar-refractivity contribution in [3.05, 3.63) is 24.3 Å². The molecule has 1 aromatic rings. The zero-order valence-corrected chi connectivity index (χ0v) is 12.3. The molecule has 0 aliphatic heterocycles. The molecule has 20 heavy (non-hydrogen) atoms. The summed E-state index contributed by atoms with van der Waals surface area (Å²) in [7, 11) is -3.56. The number of rotatable bonds is 8. The minimum Gasteiger partial charge on any atom is -0.399 e. The molecule has 0 fully saturated rings. The molecule has 1 rings (SSSR count). The molecule has 6 N–H and O–H groups in total. The maximum Gasteiger partial charge on any atom is 0.247 e. The van der Waals surface area contributed by atoms with Crippen molar-refractivity contribution in [2.24, 2.45) is 5.73 Å². The molecule has 112 valence electrons. The van der Waals surface area contributed by atoms with Crippen molar-refractivity contribution in [3.63, 3.8) is 0 Å². The maximum atomic E-state index is 11.6. The van der Waals surface area contributed by atoms with E-state index in [-0.39, 0.29) is 5.75 Å². The predicted molar refractivity (Wildman–Crippen MR) is 78.6 cm³/mol. The standard InChI is InChI=1S/C11H17N3O4S2/c12-8-2-1-3-9(6-8)19-4-5-20(17,18)14-7-10(15)11(13)16/h1-3,6,10,14-15H,4-5,7,12H2,(H2,13,16). The minimum absolute atomic E-state index is 0.141. The topological polar surface area (TPSA) is 136 Å². The number of amides is 1. The van der Waals surface area contributed by atoms with Gasteiger partial charge in [0.25, 0.3) is 0 Å². The Morgan fingerprint density at radius 1 is 1.45 bits per heavy atom. The van der Waals surface area contributed by atoms with Crippen LogP contribution in [0.15, 0.2) is 29.2 Å². The van der Waals surface area contributed by atoms with Gasteiger partial charge in [-0.05, 0) is 18.2 Å². The molecule has 7 nitrogen and oxygen atoms in total. The minimum atomic E-state index is -3.56. The van der Waals surface area contributed by atoms with Crippen molar-refractivity contribution >= 4 is 33.4 Å². The Bertz CT molecular complexity index is 563. The van der Waals surface area contributed by atoms with Gasteiger partial charge in [-0.1, -0.05) is 6.07 Å². The van der Waals surface area contributed by atoms with Gasteiger partial charge in [0.15, 0.2) is 0 Å². The third-order valence-electron chi connectivity index (χ3n) is 2.30. The van der Waals surface area contributed by atoms with Crippen LogP contribution in [0.4, 0.5) is 5.69 Å². The molecule has 1 atom stereocenters. The van der Waals surface area contributed by atoms with Gasteiger partial charge in [-0.15, -0.1) is 11.8 Å². The Kier molecular flexibility index (Phi) is 6.27. The van der Waals surface area contributed by atoms with Crippen molar-refractivity contribution < 1.29 is 18.3 Å². The number of nitrogen functional groups attached to an aromatic ring is 1. The van der Waals surface area contributed by atoms with Crippen molar-refractivity contribution in [2.45, 2.75) is 11.0 Å². The molecule has 1 unspecified atom stereocenters. The number of nitrogens with one attached hydrogen (secondary N) is 1. The van der Waals surface area contributed by atoms with Crippen LogP contribution in [0, 0.1) is 0 Å². The average Bonchev–Trinajstić information content (AvgIpc) is 2.36. The van der Waals surface area contributed by atoms with Crippen LogP contribution in [0.1, 0.15) is 0 Å². The molecule has 0 heterocycles. The highest BCUT2D eigenvalue weighted by atomic mass is 32.2. The normalized spacial score (nSPS) is 13.1. The molecule has 0 saturated heterocycles. The monoisotopic (exact) mass is 319 g/mol. The van der Waals surface area contributed by atoms with Crippen LogP contribution in [-0.4, -0.2) is 43.6 Å². The number of benzene rings is 1. The summed E-state index contributed by atoms with van der Waals surface area (Å²) in [4.78, 5) is 11.4. The van der Waals surface area contributed by atoms with E-state index < -0.39 is 28.6 Å². The second kappa shape index (κ2) is 7.48. The first kappa shape index (κ1) is 16.8. The van der Waals surface area contributed by atoms with Crippen LogP contribution in [-0.2, 0) is 14.8 Å². The van der Waals surface area contributed by atoms with Crippen molar-refractivity contribution in [1.29, 1.82) is 0 Å². The summed E-state index contributed by atoms with van der Waals surface area (Å²) in [5, 5.41) is 9.10. The van der Waals surface area contributed by atoms with E-state index in [1.807, 2.05) is 6.07 Å². The number of aliphatic hydroxyl groups excluding tert-OH is 1. The molecular formula is C11H17N3O4S2. The quantitative estimate of drug-likeness (QED) is 0.363. The van der Waals surface area contributed by atoms with Gasteiger partial charge in [0.1, 0.15) is 6.10 Å². The lowest BCUT2D eigenvalue weighted by molar-refractivity contribution is -0.125. The molecule has 1 aromatic carbocycles. The zero-order valence-electron chi connectivity index (χ0n) is 10.7. The molecule has 0 saturated carbocycles. The molecular weight excluding hydrogens is 302 g/mol. The van der Waals surface area contributed by atoms with Crippen LogP contribution >= 0.6 is 11.8 Å². The molecule has 1 amide bonds. The van der Waals surface area contributed by atoms with E-state index in [0.29, 0.717) is 11.4 Å². The number of carbonyl (C=O) groups excluding carboxylic acids is 1. The summed E-state index contributed by atoms with van der Waals surface area (Å²) in [6, 6.07) is 7.11. The zero-order chi connectivity index (χ0) is 15.2. The number of hydrogen-bond acceptors (Lipinski definition) is 6. The van der Waals surface area contributed by atoms with Gasteiger partial charge in [-0.25, -0.2) is 13.1 Å². The molecule has 9 heteroatoms. The fraction of sp³-hybridized carbons (Fsp3) is 0.364. The van der Waals surface area contributed by atoms with E-state index in [2.05, 4.69) is 4.72 Å². The van der Waals surface area contributed by atoms with Crippen LogP contribution < -0.4 is 16.2 Å². The number of nitrogens with two attached hydrogens (primary N) is 2. The second-order valence-electron chi connectivity index (χ2n) is 4.01. The number of thioether (sulfide) groups is 1. The number of aliphatic hydroxyl groups is 1. The van der Waals surface area contributed by atoms with Crippen molar-refractivity contribution in [1.82, 2.24) is 4.72 Å². The van der Waals surface area contributed by atoms with E-state index >= 15 is 0 Å². The van der Waals surface area contributed by atoms with Crippen LogP contribution in [0.3, 0.4) is 0 Å². The van der Waals surface area contributed by atoms with E-state index in [0.717, 1.165) is 4.90 Å². The highest BCUT2D eigenvalue weighted by Gasteiger charge is 2.16. The number of hydrogen-bond donors (Lipinski definition) is 4. The number of carbonyl (C=O) groups is 1. The first-order valence-electron chi connectivity index (χ1n) is 5.73. The van der Waals surface area contributed by atoms with E-state index in [9.17, 15) is 13.2 Å². The molecule has 0 spiro atoms. The third-order valence-corrected chi connectivity index (χ3v) is 4.91. The van der Waals surface area contributed by atoms with Crippen LogP contribution in [0.25, 0.3) is 0 Å². The van der Waals surface area contributed by atoms with Crippen LogP contribution in [0.2, 0.25) is 0 Å². The van der Waals surface area contributed by atoms with Gasteiger partial charge in [-0.3, -0.25) is 4.79 Å². The Morgan fingerprint density at radius 3 is 2.75 bits per heavy atom. The highest BCUT2D eigenvalue weighted by Crippen LogP contribution is 2.20. The van der Waals surface area contributed by atoms with Gasteiger partial charge in [0.05, 0.1) is 5.75 Å². The van der Waals surface area contributed by atoms with Gasteiger partial charge in [0, 0.05) is 22.9 Å². The molecule has 0 bridgehead atoms. The lowest BCUT2D eigenvalue weighted by atomic mass is 10.3. The van der Waals surface area contributed by atoms with Gasteiger partial charge >= 0.3 is 0 Å². The van der Waals surface area contributed by atoms with Gasteiger partial charge in [-0.2, -0.15) is 0 Å². The third kappa shape index (κ3) is 6.24. The van der Waals surface area contributed by atoms with Gasteiger partial charge < -0.3 is 16.6 Å². The lowest BCUT2D eigenvalue weighted by Crippen LogP contribution is -2.40. The SMILES string of the molecule is NC(=O)C(O)CNS(=O)(=O)CCSc1cccc(N)c1. The summed E-state index contributed by atoms with van der Waals surface area (Å²) in [5.74, 6) is -0.787. The van der Waals surface area contributed by atoms with E-state index in [1.165, 1.54) is 11.8 Å². The van der Waals surface area contributed by atoms with E-state index in [4.69, 9.17) is 16.6 Å². The Labute approximate surface area is 121 Å². The van der Waals surface area contributed by atoms with Gasteiger partial charge in [0.2, 0.25) is 15.9 Å². The second-order valence-corrected chi connectivity index (χ2v) is 7.10. The summed E-state index contributed by atoms with van der Waals surface area (Å²) < 4.78 is 25.3. The summed E-state index contributed by atoms with van der Waals surface area (Å²) in [6.45, 7) is -0.416. The molecule has 0 aromatic heterocycles. The van der Waals surface area contributed by atoms with E-state index in [1.54, 1.807) is 18.2 Å². The average molecular weight is 319 g/mol. The molecule has 0 radical (unpaired) electrons. The predicted octanol–water partition coefficient (Wildman–Crippen LogP) is -0.873. The summed E-state index contributed by atoms with van der Waals surface area (Å²) in [6.07, 6.45) is -1.52. The Balaban J connectivity index is 2.38. The summed E-state index contributed by atoms with van der Waals surface area (Å²) >= 11 is 1.35. The number of primary amides is 1. The maximum absolute atomic E-state index is 11.6. The Hall–Kier alpha value is -1.29. The fourth-order valence-electron chi connectivity index (χ4n) is 1.25.